The molecule has 6 heteroatoms. The molecule has 2 fully saturated rings. The van der Waals surface area contributed by atoms with Gasteiger partial charge in [-0.15, -0.1) is 0 Å². The van der Waals surface area contributed by atoms with Crippen LogP contribution in [0.2, 0.25) is 0 Å². The molecule has 1 spiro atoms. The summed E-state index contributed by atoms with van der Waals surface area (Å²) in [7, 11) is 1.85. The highest BCUT2D eigenvalue weighted by atomic mass is 19.1. The molecule has 0 radical (unpaired) electrons. The van der Waals surface area contributed by atoms with Crippen molar-refractivity contribution < 1.29 is 19.0 Å². The second-order valence-corrected chi connectivity index (χ2v) is 7.63. The zero-order valence-corrected chi connectivity index (χ0v) is 15.1. The normalized spacial score (nSPS) is 29.0. The van der Waals surface area contributed by atoms with Gasteiger partial charge in [0.1, 0.15) is 11.4 Å². The summed E-state index contributed by atoms with van der Waals surface area (Å²) in [6.07, 6.45) is 2.17. The van der Waals surface area contributed by atoms with Crippen LogP contribution in [0.5, 0.6) is 0 Å². The van der Waals surface area contributed by atoms with Gasteiger partial charge in [0.15, 0.2) is 0 Å². The number of likely N-dealkylation sites (N-methyl/N-ethyl adjacent to an activating group) is 1. The second kappa shape index (κ2) is 6.67. The van der Waals surface area contributed by atoms with Gasteiger partial charge >= 0.3 is 0 Å². The van der Waals surface area contributed by atoms with Crippen LogP contribution in [0.15, 0.2) is 18.2 Å². The third kappa shape index (κ3) is 3.57. The number of benzene rings is 1. The minimum Gasteiger partial charge on any atom is -0.386 e. The summed E-state index contributed by atoms with van der Waals surface area (Å²) in [6, 6.07) is 4.59. The van der Waals surface area contributed by atoms with Crippen molar-refractivity contribution in [2.45, 2.75) is 50.4 Å². The molecule has 0 bridgehead atoms. The van der Waals surface area contributed by atoms with Crippen LogP contribution >= 0.6 is 0 Å². The number of likely N-dealkylation sites (tertiary alicyclic amines) is 1. The Balaban J connectivity index is 1.65. The highest BCUT2D eigenvalue weighted by Gasteiger charge is 2.48. The van der Waals surface area contributed by atoms with Crippen LogP contribution in [0.3, 0.4) is 0 Å². The Morgan fingerprint density at radius 2 is 2.08 bits per heavy atom. The monoisotopic (exact) mass is 350 g/mol. The molecule has 2 heterocycles. The van der Waals surface area contributed by atoms with Crippen molar-refractivity contribution in [2.24, 2.45) is 0 Å². The Labute approximate surface area is 148 Å². The Kier molecular flexibility index (Phi) is 4.88. The van der Waals surface area contributed by atoms with E-state index in [4.69, 9.17) is 4.74 Å². The van der Waals surface area contributed by atoms with E-state index in [0.29, 0.717) is 24.2 Å². The van der Waals surface area contributed by atoms with Crippen molar-refractivity contribution in [3.63, 3.8) is 0 Å². The highest BCUT2D eigenvalue weighted by Crippen LogP contribution is 2.38. The zero-order valence-electron chi connectivity index (χ0n) is 15.1. The van der Waals surface area contributed by atoms with Gasteiger partial charge in [0, 0.05) is 24.7 Å². The molecule has 1 amide bonds. The van der Waals surface area contributed by atoms with Crippen LogP contribution in [-0.2, 0) is 4.74 Å². The number of hydrogen-bond acceptors (Lipinski definition) is 4. The van der Waals surface area contributed by atoms with Gasteiger partial charge in [-0.2, -0.15) is 0 Å². The minimum absolute atomic E-state index is 0.0327. The van der Waals surface area contributed by atoms with Crippen molar-refractivity contribution in [3.05, 3.63) is 35.1 Å². The molecule has 2 aliphatic rings. The predicted molar refractivity (Wildman–Crippen MR) is 93.0 cm³/mol. The lowest BCUT2D eigenvalue weighted by atomic mass is 9.77. The Morgan fingerprint density at radius 3 is 2.68 bits per heavy atom. The number of amides is 1. The van der Waals surface area contributed by atoms with Crippen LogP contribution < -0.4 is 5.32 Å². The van der Waals surface area contributed by atoms with E-state index in [9.17, 15) is 14.3 Å². The first kappa shape index (κ1) is 18.3. The smallest absolute Gasteiger partial charge is 0.253 e. The van der Waals surface area contributed by atoms with Gasteiger partial charge in [-0.3, -0.25) is 4.79 Å². The maximum Gasteiger partial charge on any atom is 0.253 e. The van der Waals surface area contributed by atoms with Crippen molar-refractivity contribution in [2.75, 3.05) is 26.7 Å². The van der Waals surface area contributed by atoms with Gasteiger partial charge in [-0.25, -0.2) is 4.39 Å². The van der Waals surface area contributed by atoms with Crippen molar-refractivity contribution in [3.8, 4) is 0 Å². The average Bonchev–Trinajstić information content (AvgIpc) is 2.60. The van der Waals surface area contributed by atoms with E-state index in [2.05, 4.69) is 5.32 Å². The summed E-state index contributed by atoms with van der Waals surface area (Å²) >= 11 is 0. The molecular formula is C19H27FN2O3. The second-order valence-electron chi connectivity index (χ2n) is 7.63. The number of carbonyl (C=O) groups excluding carboxylic acids is 1. The number of ether oxygens (including phenoxy) is 1. The molecule has 2 atom stereocenters. The van der Waals surface area contributed by atoms with E-state index in [-0.39, 0.29) is 30.0 Å². The van der Waals surface area contributed by atoms with Gasteiger partial charge in [-0.05, 0) is 57.9 Å². The standard InChI is InChI=1S/C19H27FN2O3/c1-13-4-5-14(10-15(13)20)17(23)22-8-6-19(7-9-22)11-16(21-3)18(2,24)12-25-19/h4-5,10,16,21,24H,6-9,11-12H2,1-3H3/t16-,18-/m0/s1. The molecule has 138 valence electrons. The molecule has 2 aliphatic heterocycles. The van der Waals surface area contributed by atoms with Gasteiger partial charge in [0.2, 0.25) is 0 Å². The molecule has 25 heavy (non-hydrogen) atoms. The van der Waals surface area contributed by atoms with E-state index in [0.717, 1.165) is 19.3 Å². The first-order chi connectivity index (χ1) is 11.8. The number of aryl methyl sites for hydroxylation is 1. The molecule has 2 N–H and O–H groups in total. The fraction of sp³-hybridized carbons (Fsp3) is 0.632. The summed E-state index contributed by atoms with van der Waals surface area (Å²) in [4.78, 5) is 14.4. The SMILES string of the molecule is CN[C@H]1CC2(CCN(C(=O)c3ccc(C)c(F)c3)CC2)OC[C@]1(C)O. The van der Waals surface area contributed by atoms with Gasteiger partial charge in [-0.1, -0.05) is 6.07 Å². The summed E-state index contributed by atoms with van der Waals surface area (Å²) in [5.74, 6) is -0.490. The Morgan fingerprint density at radius 1 is 1.40 bits per heavy atom. The third-order valence-corrected chi connectivity index (χ3v) is 5.73. The number of hydrogen-bond donors (Lipinski definition) is 2. The fourth-order valence-corrected chi connectivity index (χ4v) is 3.84. The van der Waals surface area contributed by atoms with E-state index >= 15 is 0 Å². The van der Waals surface area contributed by atoms with Gasteiger partial charge < -0.3 is 20.1 Å². The van der Waals surface area contributed by atoms with E-state index in [1.165, 1.54) is 6.07 Å². The fourth-order valence-electron chi connectivity index (χ4n) is 3.84. The number of rotatable bonds is 2. The molecule has 1 aromatic rings. The lowest BCUT2D eigenvalue weighted by molar-refractivity contribution is -0.189. The van der Waals surface area contributed by atoms with Crippen LogP contribution in [0.4, 0.5) is 4.39 Å². The highest BCUT2D eigenvalue weighted by molar-refractivity contribution is 5.94. The summed E-state index contributed by atoms with van der Waals surface area (Å²) in [6.45, 7) is 4.91. The number of carbonyl (C=O) groups is 1. The third-order valence-electron chi connectivity index (χ3n) is 5.73. The number of halogens is 1. The first-order valence-electron chi connectivity index (χ1n) is 8.85. The molecule has 0 aliphatic carbocycles. The van der Waals surface area contributed by atoms with E-state index < -0.39 is 5.60 Å². The largest absolute Gasteiger partial charge is 0.386 e. The van der Waals surface area contributed by atoms with Crippen molar-refractivity contribution in [1.29, 1.82) is 0 Å². The lowest BCUT2D eigenvalue weighted by Gasteiger charge is -2.50. The van der Waals surface area contributed by atoms with Gasteiger partial charge in [0.25, 0.3) is 5.91 Å². The molecular weight excluding hydrogens is 323 g/mol. The molecule has 1 aromatic carbocycles. The number of nitrogens with one attached hydrogen (secondary N) is 1. The average molecular weight is 350 g/mol. The van der Waals surface area contributed by atoms with Gasteiger partial charge in [0.05, 0.1) is 12.2 Å². The number of nitrogens with zero attached hydrogens (tertiary/aromatic N) is 1. The number of aliphatic hydroxyl groups is 1. The molecule has 5 nitrogen and oxygen atoms in total. The summed E-state index contributed by atoms with van der Waals surface area (Å²) < 4.78 is 19.8. The van der Waals surface area contributed by atoms with Crippen LogP contribution in [0.25, 0.3) is 0 Å². The lowest BCUT2D eigenvalue weighted by Crippen LogP contribution is -2.62. The molecule has 2 saturated heterocycles. The number of piperidine rings is 1. The van der Waals surface area contributed by atoms with Crippen molar-refractivity contribution in [1.82, 2.24) is 10.2 Å². The summed E-state index contributed by atoms with van der Waals surface area (Å²) in [5, 5.41) is 13.6. The first-order valence-corrected chi connectivity index (χ1v) is 8.85. The zero-order chi connectivity index (χ0) is 18.2. The predicted octanol–water partition coefficient (Wildman–Crippen LogP) is 1.87. The van der Waals surface area contributed by atoms with Crippen LogP contribution in [0, 0.1) is 12.7 Å². The summed E-state index contributed by atoms with van der Waals surface area (Å²) in [5.41, 5.74) is -0.257. The molecule has 0 aromatic heterocycles. The minimum atomic E-state index is -0.883. The quantitative estimate of drug-likeness (QED) is 0.855. The molecule has 0 unspecified atom stereocenters. The molecule has 3 rings (SSSR count). The Bertz CT molecular complexity index is 654. The molecule has 0 saturated carbocycles. The van der Waals surface area contributed by atoms with E-state index in [1.54, 1.807) is 30.9 Å². The van der Waals surface area contributed by atoms with Crippen LogP contribution in [-0.4, -0.2) is 59.9 Å². The topological polar surface area (TPSA) is 61.8 Å². The Hall–Kier alpha value is -1.50. The maximum atomic E-state index is 13.7. The van der Waals surface area contributed by atoms with Crippen molar-refractivity contribution >= 4 is 5.91 Å². The van der Waals surface area contributed by atoms with Crippen LogP contribution in [0.1, 0.15) is 42.1 Å². The van der Waals surface area contributed by atoms with E-state index in [1.807, 2.05) is 7.05 Å². The maximum absolute atomic E-state index is 13.7.